The third-order valence-corrected chi connectivity index (χ3v) is 3.67. The fourth-order valence-electron chi connectivity index (χ4n) is 1.59. The molecule has 0 radical (unpaired) electrons. The van der Waals surface area contributed by atoms with Crippen LogP contribution in [0.25, 0.3) is 0 Å². The molecule has 0 N–H and O–H groups in total. The van der Waals surface area contributed by atoms with E-state index in [4.69, 9.17) is 16.3 Å². The lowest BCUT2D eigenvalue weighted by molar-refractivity contribution is -0.384. The highest BCUT2D eigenvalue weighted by molar-refractivity contribution is 14.1. The van der Waals surface area contributed by atoms with Crippen molar-refractivity contribution in [2.24, 2.45) is 0 Å². The molecule has 0 saturated carbocycles. The Morgan fingerprint density at radius 2 is 1.90 bits per heavy atom. The molecule has 0 aliphatic heterocycles. The van der Waals surface area contributed by atoms with Gasteiger partial charge in [-0.1, -0.05) is 23.7 Å². The van der Waals surface area contributed by atoms with Crippen LogP contribution >= 0.6 is 34.2 Å². The zero-order valence-corrected chi connectivity index (χ0v) is 13.5. The molecule has 5 nitrogen and oxygen atoms in total. The SMILES string of the molecule is O=C(COc1ccc([N+](=O)[O-])c(Cl)c1)c1ccc(I)cc1. The highest BCUT2D eigenvalue weighted by atomic mass is 127. The molecule has 0 fully saturated rings. The van der Waals surface area contributed by atoms with Gasteiger partial charge in [0.05, 0.1) is 4.92 Å². The molecule has 0 spiro atoms. The first-order valence-electron chi connectivity index (χ1n) is 5.83. The van der Waals surface area contributed by atoms with E-state index in [9.17, 15) is 14.9 Å². The zero-order chi connectivity index (χ0) is 15.4. The van der Waals surface area contributed by atoms with Crippen LogP contribution in [0.5, 0.6) is 5.75 Å². The molecule has 0 aliphatic carbocycles. The number of halogens is 2. The molecule has 108 valence electrons. The molecule has 0 saturated heterocycles. The minimum Gasteiger partial charge on any atom is -0.485 e. The fourth-order valence-corrected chi connectivity index (χ4v) is 2.19. The van der Waals surface area contributed by atoms with Crippen LogP contribution in [0.3, 0.4) is 0 Å². The van der Waals surface area contributed by atoms with Crippen LogP contribution in [0.15, 0.2) is 42.5 Å². The maximum atomic E-state index is 11.9. The first-order chi connectivity index (χ1) is 9.97. The van der Waals surface area contributed by atoms with Crippen molar-refractivity contribution < 1.29 is 14.5 Å². The minimum atomic E-state index is -0.581. The summed E-state index contributed by atoms with van der Waals surface area (Å²) in [5, 5.41) is 10.6. The summed E-state index contributed by atoms with van der Waals surface area (Å²) in [4.78, 5) is 22.0. The number of Topliss-reactive ketones (excluding diaryl/α,β-unsaturated/α-hetero) is 1. The number of rotatable bonds is 5. The molecule has 2 aromatic carbocycles. The van der Waals surface area contributed by atoms with E-state index in [0.29, 0.717) is 11.3 Å². The summed E-state index contributed by atoms with van der Waals surface area (Å²) in [7, 11) is 0. The molecule has 0 unspecified atom stereocenters. The summed E-state index contributed by atoms with van der Waals surface area (Å²) in [5.41, 5.74) is 0.344. The van der Waals surface area contributed by atoms with Crippen LogP contribution in [0, 0.1) is 13.7 Å². The average Bonchev–Trinajstić information content (AvgIpc) is 2.45. The summed E-state index contributed by atoms with van der Waals surface area (Å²) < 4.78 is 6.34. The summed E-state index contributed by atoms with van der Waals surface area (Å²) in [6.07, 6.45) is 0. The molecule has 0 aromatic heterocycles. The van der Waals surface area contributed by atoms with Crippen molar-refractivity contribution in [3.8, 4) is 5.75 Å². The predicted molar refractivity (Wildman–Crippen MR) is 87.1 cm³/mol. The Hall–Kier alpha value is -1.67. The van der Waals surface area contributed by atoms with Gasteiger partial charge in [0.2, 0.25) is 0 Å². The monoisotopic (exact) mass is 417 g/mol. The molecule has 2 rings (SSSR count). The lowest BCUT2D eigenvalue weighted by Gasteiger charge is -2.06. The van der Waals surface area contributed by atoms with Crippen LogP contribution in [-0.4, -0.2) is 17.3 Å². The number of nitrogens with zero attached hydrogens (tertiary/aromatic N) is 1. The van der Waals surface area contributed by atoms with E-state index in [1.165, 1.54) is 18.2 Å². The largest absolute Gasteiger partial charge is 0.485 e. The standard InChI is InChI=1S/C14H9ClINO4/c15-12-7-11(5-6-13(12)17(19)20)21-8-14(18)9-1-3-10(16)4-2-9/h1-7H,8H2. The van der Waals surface area contributed by atoms with Gasteiger partial charge in [0.1, 0.15) is 10.8 Å². The average molecular weight is 418 g/mol. The number of nitro groups is 1. The van der Waals surface area contributed by atoms with E-state index in [2.05, 4.69) is 22.6 Å². The third-order valence-electron chi connectivity index (χ3n) is 2.65. The van der Waals surface area contributed by atoms with Gasteiger partial charge in [-0.2, -0.15) is 0 Å². The van der Waals surface area contributed by atoms with E-state index in [1.54, 1.807) is 12.1 Å². The van der Waals surface area contributed by atoms with Crippen LogP contribution < -0.4 is 4.74 Å². The maximum Gasteiger partial charge on any atom is 0.288 e. The lowest BCUT2D eigenvalue weighted by atomic mass is 10.1. The normalized spacial score (nSPS) is 10.2. The molecule has 0 amide bonds. The number of ether oxygens (including phenoxy) is 1. The molecular formula is C14H9ClINO4. The van der Waals surface area contributed by atoms with Crippen LogP contribution in [0.2, 0.25) is 5.02 Å². The molecule has 7 heteroatoms. The molecule has 2 aromatic rings. The second kappa shape index (κ2) is 6.86. The molecular weight excluding hydrogens is 409 g/mol. The first-order valence-corrected chi connectivity index (χ1v) is 7.28. The maximum absolute atomic E-state index is 11.9. The molecule has 0 heterocycles. The van der Waals surface area contributed by atoms with E-state index in [-0.39, 0.29) is 23.1 Å². The van der Waals surface area contributed by atoms with E-state index >= 15 is 0 Å². The minimum absolute atomic E-state index is 0.0285. The van der Waals surface area contributed by atoms with E-state index in [1.807, 2.05) is 12.1 Å². The Morgan fingerprint density at radius 1 is 1.24 bits per heavy atom. The van der Waals surface area contributed by atoms with E-state index in [0.717, 1.165) is 3.57 Å². The smallest absolute Gasteiger partial charge is 0.288 e. The zero-order valence-electron chi connectivity index (χ0n) is 10.6. The van der Waals surface area contributed by atoms with Gasteiger partial charge in [-0.3, -0.25) is 14.9 Å². The number of ketones is 1. The Morgan fingerprint density at radius 3 is 2.48 bits per heavy atom. The van der Waals surface area contributed by atoms with Gasteiger partial charge in [0, 0.05) is 21.3 Å². The van der Waals surface area contributed by atoms with Gasteiger partial charge < -0.3 is 4.74 Å². The van der Waals surface area contributed by atoms with Crippen molar-refractivity contribution in [1.29, 1.82) is 0 Å². The Balaban J connectivity index is 2.03. The summed E-state index contributed by atoms with van der Waals surface area (Å²) >= 11 is 7.92. The van der Waals surface area contributed by atoms with Crippen molar-refractivity contribution >= 4 is 45.7 Å². The van der Waals surface area contributed by atoms with Crippen LogP contribution in [-0.2, 0) is 0 Å². The molecule has 0 atom stereocenters. The van der Waals surface area contributed by atoms with Gasteiger partial charge in [-0.15, -0.1) is 0 Å². The van der Waals surface area contributed by atoms with Gasteiger partial charge in [-0.05, 0) is 40.8 Å². The number of carbonyl (C=O) groups excluding carboxylic acids is 1. The number of carbonyl (C=O) groups is 1. The number of hydrogen-bond acceptors (Lipinski definition) is 4. The number of hydrogen-bond donors (Lipinski definition) is 0. The van der Waals surface area contributed by atoms with Crippen molar-refractivity contribution in [2.75, 3.05) is 6.61 Å². The first kappa shape index (κ1) is 15.7. The van der Waals surface area contributed by atoms with Gasteiger partial charge in [0.15, 0.2) is 12.4 Å². The van der Waals surface area contributed by atoms with Crippen LogP contribution in [0.4, 0.5) is 5.69 Å². The van der Waals surface area contributed by atoms with Gasteiger partial charge >= 0.3 is 0 Å². The number of benzene rings is 2. The quantitative estimate of drug-likeness (QED) is 0.318. The van der Waals surface area contributed by atoms with Crippen LogP contribution in [0.1, 0.15) is 10.4 Å². The van der Waals surface area contributed by atoms with E-state index < -0.39 is 4.92 Å². The van der Waals surface area contributed by atoms with Crippen molar-refractivity contribution in [3.05, 3.63) is 66.7 Å². The third kappa shape index (κ3) is 4.15. The molecule has 0 aliphatic rings. The Bertz CT molecular complexity index is 688. The van der Waals surface area contributed by atoms with Crippen molar-refractivity contribution in [1.82, 2.24) is 0 Å². The predicted octanol–water partition coefficient (Wildman–Crippen LogP) is 4.11. The Labute approximate surface area is 139 Å². The fraction of sp³-hybridized carbons (Fsp3) is 0.0714. The Kier molecular flexibility index (Phi) is 5.13. The lowest BCUT2D eigenvalue weighted by Crippen LogP contribution is -2.11. The highest BCUT2D eigenvalue weighted by Crippen LogP contribution is 2.28. The van der Waals surface area contributed by atoms with Gasteiger partial charge in [0.25, 0.3) is 5.69 Å². The highest BCUT2D eigenvalue weighted by Gasteiger charge is 2.13. The molecule has 21 heavy (non-hydrogen) atoms. The summed E-state index contributed by atoms with van der Waals surface area (Å²) in [6, 6.07) is 11.1. The topological polar surface area (TPSA) is 69.4 Å². The van der Waals surface area contributed by atoms with Gasteiger partial charge in [-0.25, -0.2) is 0 Å². The molecule has 0 bridgehead atoms. The van der Waals surface area contributed by atoms with Crippen molar-refractivity contribution in [2.45, 2.75) is 0 Å². The summed E-state index contributed by atoms with van der Waals surface area (Å²) in [5.74, 6) is 0.130. The second-order valence-electron chi connectivity index (χ2n) is 4.09. The second-order valence-corrected chi connectivity index (χ2v) is 5.74. The number of nitro benzene ring substituents is 1. The summed E-state index contributed by atoms with van der Waals surface area (Å²) in [6.45, 7) is -0.158. The van der Waals surface area contributed by atoms with Crippen molar-refractivity contribution in [3.63, 3.8) is 0 Å².